The van der Waals surface area contributed by atoms with Crippen LogP contribution in [0.4, 0.5) is 8.78 Å². The molecule has 2 aromatic rings. The number of amides is 2. The molecule has 0 radical (unpaired) electrons. The van der Waals surface area contributed by atoms with Crippen LogP contribution < -0.4 is 21.7 Å². The van der Waals surface area contributed by atoms with Crippen molar-refractivity contribution in [2.75, 3.05) is 24.6 Å². The van der Waals surface area contributed by atoms with Crippen LogP contribution in [0, 0.1) is 11.6 Å². The van der Waals surface area contributed by atoms with E-state index in [-0.39, 0.29) is 24.3 Å². The zero-order valence-electron chi connectivity index (χ0n) is 23.0. The number of nitrogens with one attached hydrogen (secondary N) is 3. The van der Waals surface area contributed by atoms with Crippen LogP contribution >= 0.6 is 0 Å². The van der Waals surface area contributed by atoms with Crippen LogP contribution in [-0.2, 0) is 38.8 Å². The van der Waals surface area contributed by atoms with Gasteiger partial charge < -0.3 is 26.8 Å². The minimum Gasteiger partial charge on any atom is -0.390 e. The highest BCUT2D eigenvalue weighted by atomic mass is 32.2. The van der Waals surface area contributed by atoms with Gasteiger partial charge in [0.2, 0.25) is 11.8 Å². The average Bonchev–Trinajstić information content (AvgIpc) is 2.90. The highest BCUT2D eigenvalue weighted by Crippen LogP contribution is 2.13. The molecule has 0 saturated carbocycles. The fraction of sp³-hybridized carbons (Fsp3) is 0.500. The zero-order chi connectivity index (χ0) is 29.7. The molecule has 6 N–H and O–H groups in total. The zero-order valence-corrected chi connectivity index (χ0v) is 23.8. The molecule has 0 aliphatic rings. The number of aliphatic hydroxyl groups is 1. The maximum Gasteiger partial charge on any atom is 0.243 e. The Morgan fingerprint density at radius 1 is 1.00 bits per heavy atom. The van der Waals surface area contributed by atoms with Gasteiger partial charge in [0.15, 0.2) is 9.84 Å². The third-order valence-corrected chi connectivity index (χ3v) is 8.07. The van der Waals surface area contributed by atoms with Gasteiger partial charge in [0.05, 0.1) is 30.2 Å². The molecule has 0 aliphatic heterocycles. The van der Waals surface area contributed by atoms with Crippen LogP contribution in [0.25, 0.3) is 0 Å². The van der Waals surface area contributed by atoms with E-state index in [0.717, 1.165) is 29.7 Å². The van der Waals surface area contributed by atoms with E-state index in [2.05, 4.69) is 16.0 Å². The Kier molecular flexibility index (Phi) is 13.6. The van der Waals surface area contributed by atoms with E-state index >= 15 is 0 Å². The Bertz CT molecular complexity index is 1210. The summed E-state index contributed by atoms with van der Waals surface area (Å²) in [6, 6.07) is 8.22. The Balaban J connectivity index is 2.23. The monoisotopic (exact) mass is 582 g/mol. The Morgan fingerprint density at radius 2 is 1.68 bits per heavy atom. The predicted octanol–water partition coefficient (Wildman–Crippen LogP) is 1.36. The molecule has 0 heterocycles. The third-order valence-electron chi connectivity index (χ3n) is 6.32. The number of carbonyl (C=O) groups excluding carboxylic acids is 2. The van der Waals surface area contributed by atoms with Gasteiger partial charge in [-0.15, -0.1) is 0 Å². The van der Waals surface area contributed by atoms with Crippen molar-refractivity contribution >= 4 is 21.7 Å². The number of rotatable bonds is 17. The maximum absolute atomic E-state index is 13.9. The molecule has 12 heteroatoms. The summed E-state index contributed by atoms with van der Waals surface area (Å²) in [5, 5.41) is 19.0. The van der Waals surface area contributed by atoms with Crippen molar-refractivity contribution in [2.24, 2.45) is 5.73 Å². The fourth-order valence-electron chi connectivity index (χ4n) is 4.15. The lowest BCUT2D eigenvalue weighted by molar-refractivity contribution is -0.128. The first-order valence-electron chi connectivity index (χ1n) is 13.4. The van der Waals surface area contributed by atoms with Gasteiger partial charge in [0.1, 0.15) is 17.7 Å². The third kappa shape index (κ3) is 11.7. The largest absolute Gasteiger partial charge is 0.390 e. The number of carbonyl (C=O) groups is 2. The smallest absolute Gasteiger partial charge is 0.243 e. The highest BCUT2D eigenvalue weighted by molar-refractivity contribution is 7.91. The number of aryl methyl sites for hydroxylation is 1. The van der Waals surface area contributed by atoms with Gasteiger partial charge in [-0.3, -0.25) is 9.59 Å². The van der Waals surface area contributed by atoms with Crippen molar-refractivity contribution in [1.82, 2.24) is 16.0 Å². The molecule has 3 atom stereocenters. The van der Waals surface area contributed by atoms with E-state index in [0.29, 0.717) is 25.5 Å². The second kappa shape index (κ2) is 16.4. The molecular weight excluding hydrogens is 542 g/mol. The van der Waals surface area contributed by atoms with E-state index in [9.17, 15) is 31.9 Å². The topological polar surface area (TPSA) is 151 Å². The van der Waals surface area contributed by atoms with Crippen molar-refractivity contribution in [2.45, 2.75) is 64.3 Å². The van der Waals surface area contributed by atoms with Gasteiger partial charge in [-0.05, 0) is 48.1 Å². The minimum atomic E-state index is -3.71. The van der Waals surface area contributed by atoms with E-state index in [1.54, 1.807) is 0 Å². The van der Waals surface area contributed by atoms with E-state index in [1.165, 1.54) is 0 Å². The summed E-state index contributed by atoms with van der Waals surface area (Å²) >= 11 is 0. The molecule has 222 valence electrons. The van der Waals surface area contributed by atoms with Crippen LogP contribution in [-0.4, -0.2) is 68.1 Å². The van der Waals surface area contributed by atoms with Crippen LogP contribution in [0.2, 0.25) is 0 Å². The number of halogens is 2. The van der Waals surface area contributed by atoms with E-state index in [1.807, 2.05) is 38.1 Å². The van der Waals surface area contributed by atoms with Gasteiger partial charge in [-0.2, -0.15) is 0 Å². The Hall–Kier alpha value is -2.93. The summed E-state index contributed by atoms with van der Waals surface area (Å²) in [6.07, 6.45) is 0.493. The maximum atomic E-state index is 13.9. The first kappa shape index (κ1) is 33.3. The summed E-state index contributed by atoms with van der Waals surface area (Å²) in [5.41, 5.74) is 7.67. The molecule has 0 fully saturated rings. The molecule has 0 unspecified atom stereocenters. The summed E-state index contributed by atoms with van der Waals surface area (Å²) < 4.78 is 52.9. The Labute approximate surface area is 234 Å². The second-order valence-corrected chi connectivity index (χ2v) is 12.0. The van der Waals surface area contributed by atoms with Gasteiger partial charge in [0.25, 0.3) is 0 Å². The number of nitrogens with two attached hydrogens (primary N) is 1. The van der Waals surface area contributed by atoms with Gasteiger partial charge >= 0.3 is 0 Å². The van der Waals surface area contributed by atoms with Crippen molar-refractivity contribution in [3.8, 4) is 0 Å². The SMILES string of the molecule is CCCCS(=O)(=O)C[C@@H](NC(=O)CN)C(=O)N[C@@H](Cc1cc(F)cc(F)c1)[C@H](O)CNCc1cccc(CC)c1. The van der Waals surface area contributed by atoms with E-state index in [4.69, 9.17) is 5.73 Å². The molecular formula is C28H40F2N4O5S. The molecule has 0 saturated heterocycles. The summed E-state index contributed by atoms with van der Waals surface area (Å²) in [4.78, 5) is 25.2. The quantitative estimate of drug-likeness (QED) is 0.189. The van der Waals surface area contributed by atoms with Crippen molar-refractivity contribution in [1.29, 1.82) is 0 Å². The van der Waals surface area contributed by atoms with Crippen LogP contribution in [0.3, 0.4) is 0 Å². The number of unbranched alkanes of at least 4 members (excludes halogenated alkanes) is 1. The van der Waals surface area contributed by atoms with Crippen LogP contribution in [0.1, 0.15) is 43.4 Å². The van der Waals surface area contributed by atoms with Gasteiger partial charge in [0, 0.05) is 19.2 Å². The predicted molar refractivity (Wildman–Crippen MR) is 150 cm³/mol. The molecule has 0 aliphatic carbocycles. The van der Waals surface area contributed by atoms with Crippen molar-refractivity contribution in [3.05, 3.63) is 70.8 Å². The molecule has 2 rings (SSSR count). The Morgan fingerprint density at radius 3 is 2.30 bits per heavy atom. The van der Waals surface area contributed by atoms with Crippen LogP contribution in [0.5, 0.6) is 0 Å². The summed E-state index contributed by atoms with van der Waals surface area (Å²) in [5.74, 6) is -4.06. The molecule has 40 heavy (non-hydrogen) atoms. The molecule has 2 amide bonds. The first-order chi connectivity index (χ1) is 19.0. The lowest BCUT2D eigenvalue weighted by Crippen LogP contribution is -2.57. The average molecular weight is 583 g/mol. The molecule has 0 spiro atoms. The van der Waals surface area contributed by atoms with Crippen LogP contribution in [0.15, 0.2) is 42.5 Å². The highest BCUT2D eigenvalue weighted by Gasteiger charge is 2.30. The fourth-order valence-corrected chi connectivity index (χ4v) is 5.79. The normalized spacial score (nSPS) is 13.8. The molecule has 0 aromatic heterocycles. The van der Waals surface area contributed by atoms with Crippen molar-refractivity contribution in [3.63, 3.8) is 0 Å². The standard InChI is InChI=1S/C28H40F2N4O5S/c1-3-5-9-40(38,39)18-25(33-27(36)15-31)28(37)34-24(13-21-11-22(29)14-23(30)12-21)26(35)17-32-16-20-8-6-7-19(4-2)10-20/h6-8,10-12,14,24-26,32,35H,3-5,9,13,15-18,31H2,1-2H3,(H,33,36)(H,34,37)/t24-,25+,26+/m0/s1. The molecule has 0 bridgehead atoms. The summed E-state index contributed by atoms with van der Waals surface area (Å²) in [7, 11) is -3.71. The lowest BCUT2D eigenvalue weighted by Gasteiger charge is -2.27. The van der Waals surface area contributed by atoms with Crippen molar-refractivity contribution < 1.29 is 31.9 Å². The number of aliphatic hydroxyl groups excluding tert-OH is 1. The van der Waals surface area contributed by atoms with Gasteiger partial charge in [-0.25, -0.2) is 17.2 Å². The second-order valence-electron chi connectivity index (χ2n) is 9.76. The first-order valence-corrected chi connectivity index (χ1v) is 15.2. The van der Waals surface area contributed by atoms with E-state index < -0.39 is 63.8 Å². The number of benzene rings is 2. The number of hydrogen-bond donors (Lipinski definition) is 5. The molecule has 2 aromatic carbocycles. The molecule has 9 nitrogen and oxygen atoms in total. The minimum absolute atomic E-state index is 0.00766. The van der Waals surface area contributed by atoms with Gasteiger partial charge in [-0.1, -0.05) is 44.5 Å². The summed E-state index contributed by atoms with van der Waals surface area (Å²) in [6.45, 7) is 3.83. The number of hydrogen-bond acceptors (Lipinski definition) is 7. The number of sulfone groups is 1. The lowest BCUT2D eigenvalue weighted by atomic mass is 10.00.